The Hall–Kier alpha value is -2.22. The zero-order valence-corrected chi connectivity index (χ0v) is 9.10. The van der Waals surface area contributed by atoms with E-state index in [-0.39, 0.29) is 6.54 Å². The third kappa shape index (κ3) is 2.64. The van der Waals surface area contributed by atoms with Gasteiger partial charge in [0.05, 0.1) is 29.6 Å². The Balaban J connectivity index is 3.08. The van der Waals surface area contributed by atoms with Crippen LogP contribution in [-0.2, 0) is 4.79 Å². The number of rotatable bonds is 4. The summed E-state index contributed by atoms with van der Waals surface area (Å²) < 4.78 is 0. The van der Waals surface area contributed by atoms with E-state index in [4.69, 9.17) is 16.7 Å². The number of hydrogen-bond donors (Lipinski definition) is 2. The predicted molar refractivity (Wildman–Crippen MR) is 62.7 cm³/mol. The van der Waals surface area contributed by atoms with E-state index >= 15 is 0 Å². The minimum atomic E-state index is -0.427. The molecule has 0 spiro atoms. The molecule has 1 amide bonds. The SMILES string of the molecule is CCN(CC(N)=O)c1cc(C#N)ccc1N. The number of nitrogens with zero attached hydrogens (tertiary/aromatic N) is 2. The van der Waals surface area contributed by atoms with Crippen molar-refractivity contribution in [1.29, 1.82) is 5.26 Å². The zero-order chi connectivity index (χ0) is 12.1. The maximum Gasteiger partial charge on any atom is 0.236 e. The van der Waals surface area contributed by atoms with Crippen LogP contribution in [-0.4, -0.2) is 19.0 Å². The molecule has 0 bridgehead atoms. The van der Waals surface area contributed by atoms with E-state index in [0.29, 0.717) is 23.5 Å². The van der Waals surface area contributed by atoms with Crippen molar-refractivity contribution in [2.24, 2.45) is 5.73 Å². The van der Waals surface area contributed by atoms with Crippen LogP contribution >= 0.6 is 0 Å². The van der Waals surface area contributed by atoms with E-state index in [1.807, 2.05) is 13.0 Å². The van der Waals surface area contributed by atoms with Crippen LogP contribution in [0.4, 0.5) is 11.4 Å². The summed E-state index contributed by atoms with van der Waals surface area (Å²) in [5.74, 6) is -0.427. The Kier molecular flexibility index (Phi) is 3.72. The standard InChI is InChI=1S/C11H14N4O/c1-2-15(7-11(14)16)10-5-8(6-12)3-4-9(10)13/h3-5H,2,7,13H2,1H3,(H2,14,16). The van der Waals surface area contributed by atoms with Gasteiger partial charge in [0.25, 0.3) is 0 Å². The van der Waals surface area contributed by atoms with Crippen LogP contribution in [0.2, 0.25) is 0 Å². The second-order valence-electron chi connectivity index (χ2n) is 3.37. The molecule has 1 aromatic rings. The molecule has 16 heavy (non-hydrogen) atoms. The van der Waals surface area contributed by atoms with Crippen molar-refractivity contribution in [2.75, 3.05) is 23.7 Å². The van der Waals surface area contributed by atoms with E-state index < -0.39 is 5.91 Å². The lowest BCUT2D eigenvalue weighted by atomic mass is 10.1. The van der Waals surface area contributed by atoms with Gasteiger partial charge in [0.1, 0.15) is 0 Å². The van der Waals surface area contributed by atoms with Crippen molar-refractivity contribution in [1.82, 2.24) is 0 Å². The molecule has 0 aromatic heterocycles. The highest BCUT2D eigenvalue weighted by Crippen LogP contribution is 2.23. The summed E-state index contributed by atoms with van der Waals surface area (Å²) in [4.78, 5) is 12.6. The van der Waals surface area contributed by atoms with Crippen molar-refractivity contribution in [2.45, 2.75) is 6.92 Å². The van der Waals surface area contributed by atoms with Gasteiger partial charge in [-0.25, -0.2) is 0 Å². The number of benzene rings is 1. The first-order valence-electron chi connectivity index (χ1n) is 4.91. The van der Waals surface area contributed by atoms with Gasteiger partial charge in [-0.15, -0.1) is 0 Å². The lowest BCUT2D eigenvalue weighted by Gasteiger charge is -2.23. The van der Waals surface area contributed by atoms with Gasteiger partial charge in [-0.3, -0.25) is 4.79 Å². The summed E-state index contributed by atoms with van der Waals surface area (Å²) in [6.45, 7) is 2.58. The third-order valence-electron chi connectivity index (χ3n) is 2.23. The molecule has 0 saturated heterocycles. The Bertz CT molecular complexity index is 436. The molecule has 1 aromatic carbocycles. The largest absolute Gasteiger partial charge is 0.397 e. The molecule has 5 nitrogen and oxygen atoms in total. The minimum Gasteiger partial charge on any atom is -0.397 e. The van der Waals surface area contributed by atoms with Crippen molar-refractivity contribution < 1.29 is 4.79 Å². The maximum absolute atomic E-state index is 10.9. The second-order valence-corrected chi connectivity index (χ2v) is 3.37. The quantitative estimate of drug-likeness (QED) is 0.717. The van der Waals surface area contributed by atoms with Crippen LogP contribution in [0, 0.1) is 11.3 Å². The van der Waals surface area contributed by atoms with Crippen molar-refractivity contribution in [3.05, 3.63) is 23.8 Å². The monoisotopic (exact) mass is 218 g/mol. The fourth-order valence-corrected chi connectivity index (χ4v) is 1.44. The van der Waals surface area contributed by atoms with Crippen LogP contribution in [0.5, 0.6) is 0 Å². The van der Waals surface area contributed by atoms with Crippen molar-refractivity contribution >= 4 is 17.3 Å². The number of nitriles is 1. The summed E-state index contributed by atoms with van der Waals surface area (Å²) in [5, 5.41) is 8.79. The molecule has 0 aliphatic heterocycles. The van der Waals surface area contributed by atoms with Crippen LogP contribution in [0.3, 0.4) is 0 Å². The van der Waals surface area contributed by atoms with E-state index in [2.05, 4.69) is 0 Å². The number of carbonyl (C=O) groups excluding carboxylic acids is 1. The molecule has 0 aliphatic rings. The zero-order valence-electron chi connectivity index (χ0n) is 9.10. The number of anilines is 2. The molecule has 0 saturated carbocycles. The topological polar surface area (TPSA) is 96.1 Å². The van der Waals surface area contributed by atoms with Gasteiger partial charge < -0.3 is 16.4 Å². The number of nitrogens with two attached hydrogens (primary N) is 2. The van der Waals surface area contributed by atoms with Crippen molar-refractivity contribution in [3.8, 4) is 6.07 Å². The minimum absolute atomic E-state index is 0.0928. The van der Waals surface area contributed by atoms with Gasteiger partial charge in [0, 0.05) is 6.54 Å². The predicted octanol–water partition coefficient (Wildman–Crippen LogP) is 0.452. The average Bonchev–Trinajstić information content (AvgIpc) is 2.26. The first-order chi connectivity index (χ1) is 7.58. The molecule has 0 aliphatic carbocycles. The molecular formula is C11H14N4O. The maximum atomic E-state index is 10.9. The second kappa shape index (κ2) is 5.03. The van der Waals surface area contributed by atoms with Crippen LogP contribution in [0.1, 0.15) is 12.5 Å². The van der Waals surface area contributed by atoms with E-state index in [1.165, 1.54) is 0 Å². The summed E-state index contributed by atoms with van der Waals surface area (Å²) in [7, 11) is 0. The Morgan fingerprint density at radius 1 is 1.56 bits per heavy atom. The van der Waals surface area contributed by atoms with E-state index in [9.17, 15) is 4.79 Å². The molecule has 5 heteroatoms. The van der Waals surface area contributed by atoms with Gasteiger partial charge in [0.2, 0.25) is 5.91 Å². The van der Waals surface area contributed by atoms with E-state index in [0.717, 1.165) is 0 Å². The number of nitrogen functional groups attached to an aromatic ring is 1. The molecule has 0 heterocycles. The Labute approximate surface area is 94.2 Å². The number of amides is 1. The van der Waals surface area contributed by atoms with Crippen LogP contribution < -0.4 is 16.4 Å². The molecular weight excluding hydrogens is 204 g/mol. The van der Waals surface area contributed by atoms with Gasteiger partial charge >= 0.3 is 0 Å². The van der Waals surface area contributed by atoms with E-state index in [1.54, 1.807) is 23.1 Å². The molecule has 0 radical (unpaired) electrons. The van der Waals surface area contributed by atoms with Crippen LogP contribution in [0.25, 0.3) is 0 Å². The van der Waals surface area contributed by atoms with Gasteiger partial charge in [-0.2, -0.15) is 5.26 Å². The summed E-state index contributed by atoms with van der Waals surface area (Å²) >= 11 is 0. The van der Waals surface area contributed by atoms with Gasteiger partial charge in [0.15, 0.2) is 0 Å². The van der Waals surface area contributed by atoms with Gasteiger partial charge in [-0.1, -0.05) is 0 Å². The molecule has 4 N–H and O–H groups in total. The molecule has 0 unspecified atom stereocenters. The van der Waals surface area contributed by atoms with Crippen LogP contribution in [0.15, 0.2) is 18.2 Å². The lowest BCUT2D eigenvalue weighted by Crippen LogP contribution is -2.34. The van der Waals surface area contributed by atoms with Crippen molar-refractivity contribution in [3.63, 3.8) is 0 Å². The lowest BCUT2D eigenvalue weighted by molar-refractivity contribution is -0.116. The Morgan fingerprint density at radius 2 is 2.25 bits per heavy atom. The highest BCUT2D eigenvalue weighted by atomic mass is 16.1. The molecule has 84 valence electrons. The first kappa shape index (κ1) is 11.9. The highest BCUT2D eigenvalue weighted by Gasteiger charge is 2.11. The molecule has 0 fully saturated rings. The number of carbonyl (C=O) groups is 1. The smallest absolute Gasteiger partial charge is 0.236 e. The fraction of sp³-hybridized carbons (Fsp3) is 0.273. The summed E-state index contributed by atoms with van der Waals surface area (Å²) in [6.07, 6.45) is 0. The molecule has 0 atom stereocenters. The molecule has 1 rings (SSSR count). The Morgan fingerprint density at radius 3 is 2.75 bits per heavy atom. The summed E-state index contributed by atoms with van der Waals surface area (Å²) in [5.41, 5.74) is 12.6. The fourth-order valence-electron chi connectivity index (χ4n) is 1.44. The van der Waals surface area contributed by atoms with Gasteiger partial charge in [-0.05, 0) is 25.1 Å². The summed E-state index contributed by atoms with van der Waals surface area (Å²) in [6, 6.07) is 6.97. The highest BCUT2D eigenvalue weighted by molar-refractivity contribution is 5.82. The average molecular weight is 218 g/mol. The number of hydrogen-bond acceptors (Lipinski definition) is 4. The normalized spacial score (nSPS) is 9.50. The number of likely N-dealkylation sites (N-methyl/N-ethyl adjacent to an activating group) is 1. The third-order valence-corrected chi connectivity index (χ3v) is 2.23. The number of primary amides is 1. The first-order valence-corrected chi connectivity index (χ1v) is 4.91.